The van der Waals surface area contributed by atoms with Crippen LogP contribution in [0.1, 0.15) is 19.3 Å². The van der Waals surface area contributed by atoms with E-state index < -0.39 is 0 Å². The Bertz CT molecular complexity index is 469. The second-order valence-electron chi connectivity index (χ2n) is 5.58. The van der Waals surface area contributed by atoms with E-state index in [-0.39, 0.29) is 0 Å². The van der Waals surface area contributed by atoms with Gasteiger partial charge in [0.15, 0.2) is 5.11 Å². The lowest BCUT2D eigenvalue weighted by atomic mass is 9.91. The van der Waals surface area contributed by atoms with E-state index in [0.717, 1.165) is 35.1 Å². The zero-order valence-electron chi connectivity index (χ0n) is 11.0. The van der Waals surface area contributed by atoms with Crippen molar-refractivity contribution in [3.05, 3.63) is 42.5 Å². The monoisotopic (exact) mass is 272 g/mol. The minimum atomic E-state index is 0.727. The number of anilines is 1. The maximum absolute atomic E-state index is 5.31. The number of benzene rings is 1. The van der Waals surface area contributed by atoms with Crippen molar-refractivity contribution in [2.75, 3.05) is 11.9 Å². The van der Waals surface area contributed by atoms with E-state index in [1.165, 1.54) is 19.3 Å². The molecule has 0 radical (unpaired) electrons. The summed E-state index contributed by atoms with van der Waals surface area (Å²) in [5.74, 6) is 2.56. The van der Waals surface area contributed by atoms with Crippen LogP contribution in [-0.2, 0) is 0 Å². The molecule has 0 heterocycles. The molecular weight excluding hydrogens is 252 g/mol. The molecule has 2 aliphatic carbocycles. The highest BCUT2D eigenvalue weighted by molar-refractivity contribution is 7.80. The number of thiocarbonyl (C=S) groups is 1. The van der Waals surface area contributed by atoms with Gasteiger partial charge < -0.3 is 10.6 Å². The number of nitrogens with one attached hydrogen (secondary N) is 2. The number of hydrogen-bond acceptors (Lipinski definition) is 1. The van der Waals surface area contributed by atoms with Gasteiger partial charge in [-0.25, -0.2) is 0 Å². The van der Waals surface area contributed by atoms with E-state index in [4.69, 9.17) is 12.2 Å². The van der Waals surface area contributed by atoms with Crippen LogP contribution < -0.4 is 10.6 Å². The molecule has 0 spiro atoms. The maximum Gasteiger partial charge on any atom is 0.170 e. The average molecular weight is 272 g/mol. The van der Waals surface area contributed by atoms with Crippen molar-refractivity contribution in [1.82, 2.24) is 5.32 Å². The van der Waals surface area contributed by atoms with Gasteiger partial charge in [-0.3, -0.25) is 0 Å². The Morgan fingerprint density at radius 1 is 1.16 bits per heavy atom. The van der Waals surface area contributed by atoms with E-state index in [0.29, 0.717) is 0 Å². The first kappa shape index (κ1) is 12.7. The maximum atomic E-state index is 5.31. The molecule has 2 nitrogen and oxygen atoms in total. The van der Waals surface area contributed by atoms with Crippen LogP contribution >= 0.6 is 12.2 Å². The SMILES string of the molecule is S=C(NCC[C@@H]1C[C@H]2C=C[C@H]1C2)Nc1ccccc1. The van der Waals surface area contributed by atoms with Gasteiger partial charge in [-0.05, 0) is 61.4 Å². The van der Waals surface area contributed by atoms with Crippen LogP contribution in [0.2, 0.25) is 0 Å². The van der Waals surface area contributed by atoms with Gasteiger partial charge in [0.2, 0.25) is 0 Å². The van der Waals surface area contributed by atoms with Crippen LogP contribution in [0, 0.1) is 17.8 Å². The summed E-state index contributed by atoms with van der Waals surface area (Å²) in [6.07, 6.45) is 8.80. The Labute approximate surface area is 120 Å². The fraction of sp³-hybridized carbons (Fsp3) is 0.438. The lowest BCUT2D eigenvalue weighted by Crippen LogP contribution is -2.30. The van der Waals surface area contributed by atoms with Gasteiger partial charge in [0.05, 0.1) is 0 Å². The minimum Gasteiger partial charge on any atom is -0.362 e. The van der Waals surface area contributed by atoms with Gasteiger partial charge in [0.1, 0.15) is 0 Å². The van der Waals surface area contributed by atoms with E-state index in [1.807, 2.05) is 30.3 Å². The van der Waals surface area contributed by atoms with Gasteiger partial charge in [-0.1, -0.05) is 30.4 Å². The molecule has 2 aliphatic rings. The Hall–Kier alpha value is -1.35. The average Bonchev–Trinajstić information content (AvgIpc) is 3.02. The summed E-state index contributed by atoms with van der Waals surface area (Å²) in [5, 5.41) is 7.25. The lowest BCUT2D eigenvalue weighted by Gasteiger charge is -2.18. The molecule has 0 aromatic heterocycles. The molecule has 2 bridgehead atoms. The molecule has 1 saturated carbocycles. The van der Waals surface area contributed by atoms with Gasteiger partial charge in [0.25, 0.3) is 0 Å². The summed E-state index contributed by atoms with van der Waals surface area (Å²) in [7, 11) is 0. The summed E-state index contributed by atoms with van der Waals surface area (Å²) in [6, 6.07) is 10.1. The predicted octanol–water partition coefficient (Wildman–Crippen LogP) is 3.58. The molecule has 3 atom stereocenters. The highest BCUT2D eigenvalue weighted by atomic mass is 32.1. The molecule has 1 aromatic rings. The minimum absolute atomic E-state index is 0.727. The third-order valence-electron chi connectivity index (χ3n) is 4.25. The van der Waals surface area contributed by atoms with Gasteiger partial charge in [-0.2, -0.15) is 0 Å². The number of fused-ring (bicyclic) bond motifs is 2. The van der Waals surface area contributed by atoms with Crippen molar-refractivity contribution in [3.8, 4) is 0 Å². The third-order valence-corrected chi connectivity index (χ3v) is 4.50. The largest absolute Gasteiger partial charge is 0.362 e. The molecule has 100 valence electrons. The van der Waals surface area contributed by atoms with E-state index in [9.17, 15) is 0 Å². The fourth-order valence-electron chi connectivity index (χ4n) is 3.29. The normalized spacial score (nSPS) is 27.5. The van der Waals surface area contributed by atoms with E-state index in [1.54, 1.807) is 0 Å². The van der Waals surface area contributed by atoms with E-state index >= 15 is 0 Å². The number of rotatable bonds is 4. The summed E-state index contributed by atoms with van der Waals surface area (Å²) in [6.45, 7) is 0.973. The molecule has 2 N–H and O–H groups in total. The molecule has 0 saturated heterocycles. The third kappa shape index (κ3) is 3.16. The molecule has 1 aromatic carbocycles. The van der Waals surface area contributed by atoms with Gasteiger partial charge in [-0.15, -0.1) is 0 Å². The molecule has 0 unspecified atom stereocenters. The Morgan fingerprint density at radius 2 is 2.00 bits per heavy atom. The summed E-state index contributed by atoms with van der Waals surface area (Å²) in [5.41, 5.74) is 1.04. The number of allylic oxidation sites excluding steroid dienone is 2. The van der Waals surface area contributed by atoms with Crippen molar-refractivity contribution in [3.63, 3.8) is 0 Å². The van der Waals surface area contributed by atoms with Crippen LogP contribution in [0.4, 0.5) is 5.69 Å². The first-order valence-corrected chi connectivity index (χ1v) is 7.50. The molecule has 19 heavy (non-hydrogen) atoms. The highest BCUT2D eigenvalue weighted by Crippen LogP contribution is 2.44. The molecule has 3 heteroatoms. The first-order valence-electron chi connectivity index (χ1n) is 7.09. The van der Waals surface area contributed by atoms with Crippen LogP contribution in [-0.4, -0.2) is 11.7 Å². The topological polar surface area (TPSA) is 24.1 Å². The second-order valence-corrected chi connectivity index (χ2v) is 5.98. The summed E-state index contributed by atoms with van der Waals surface area (Å²) < 4.78 is 0. The molecule has 0 amide bonds. The summed E-state index contributed by atoms with van der Waals surface area (Å²) in [4.78, 5) is 0. The summed E-state index contributed by atoms with van der Waals surface area (Å²) >= 11 is 5.31. The molecule has 3 rings (SSSR count). The highest BCUT2D eigenvalue weighted by Gasteiger charge is 2.34. The van der Waals surface area contributed by atoms with Crippen LogP contribution in [0.25, 0.3) is 0 Å². The van der Waals surface area contributed by atoms with Crippen LogP contribution in [0.3, 0.4) is 0 Å². The second kappa shape index (κ2) is 5.74. The lowest BCUT2D eigenvalue weighted by molar-refractivity contribution is 0.416. The van der Waals surface area contributed by atoms with Crippen molar-refractivity contribution in [2.45, 2.75) is 19.3 Å². The van der Waals surface area contributed by atoms with Crippen LogP contribution in [0.15, 0.2) is 42.5 Å². The zero-order valence-corrected chi connectivity index (χ0v) is 11.8. The van der Waals surface area contributed by atoms with Crippen molar-refractivity contribution >= 4 is 23.0 Å². The quantitative estimate of drug-likeness (QED) is 0.647. The number of hydrogen-bond donors (Lipinski definition) is 2. The van der Waals surface area contributed by atoms with Crippen molar-refractivity contribution in [1.29, 1.82) is 0 Å². The Balaban J connectivity index is 1.38. The van der Waals surface area contributed by atoms with Crippen LogP contribution in [0.5, 0.6) is 0 Å². The molecule has 0 aliphatic heterocycles. The Morgan fingerprint density at radius 3 is 2.68 bits per heavy atom. The van der Waals surface area contributed by atoms with Gasteiger partial charge >= 0.3 is 0 Å². The number of para-hydroxylation sites is 1. The fourth-order valence-corrected chi connectivity index (χ4v) is 3.51. The smallest absolute Gasteiger partial charge is 0.170 e. The van der Waals surface area contributed by atoms with Gasteiger partial charge in [0, 0.05) is 12.2 Å². The van der Waals surface area contributed by atoms with Crippen molar-refractivity contribution in [2.24, 2.45) is 17.8 Å². The molecule has 1 fully saturated rings. The standard InChI is InChI=1S/C16H20N2S/c19-16(18-15-4-2-1-3-5-15)17-9-8-14-11-12-6-7-13(14)10-12/h1-7,12-14H,8-11H2,(H2,17,18,19)/t12-,13-,14+/m0/s1. The molecular formula is C16H20N2S. The zero-order chi connectivity index (χ0) is 13.1. The predicted molar refractivity (Wildman–Crippen MR) is 84.1 cm³/mol. The Kier molecular flexibility index (Phi) is 3.83. The van der Waals surface area contributed by atoms with Crippen molar-refractivity contribution < 1.29 is 0 Å². The first-order chi connectivity index (χ1) is 9.31. The van der Waals surface area contributed by atoms with E-state index in [2.05, 4.69) is 22.8 Å².